The normalized spacial score (nSPS) is 24.7. The first-order chi connectivity index (χ1) is 14.3. The lowest BCUT2D eigenvalue weighted by molar-refractivity contribution is -0.114. The van der Waals surface area contributed by atoms with Crippen molar-refractivity contribution in [3.8, 4) is 0 Å². The molecule has 0 aromatic heterocycles. The average Bonchev–Trinajstić information content (AvgIpc) is 3.37. The highest BCUT2D eigenvalue weighted by Gasteiger charge is 2.42. The number of nitrogens with zero attached hydrogens (tertiary/aromatic N) is 1. The fourth-order valence-corrected chi connectivity index (χ4v) is 5.76. The molecule has 172 valence electrons. The first-order valence-electron chi connectivity index (χ1n) is 10.7. The maximum Gasteiger partial charge on any atom is 0.275 e. The van der Waals surface area contributed by atoms with Crippen molar-refractivity contribution in [1.82, 2.24) is 16.0 Å². The molecule has 0 spiro atoms. The molecule has 2 rings (SSSR count). The van der Waals surface area contributed by atoms with Gasteiger partial charge in [0.15, 0.2) is 3.63 Å². The van der Waals surface area contributed by atoms with E-state index < -0.39 is 20.7 Å². The number of hydrogen-bond donors (Lipinski definition) is 4. The number of thioether (sulfide) groups is 1. The van der Waals surface area contributed by atoms with E-state index in [2.05, 4.69) is 46.6 Å². The number of alkyl halides is 1. The third-order valence-corrected chi connectivity index (χ3v) is 7.92. The minimum absolute atomic E-state index is 0.00221. The second kappa shape index (κ2) is 13.1. The third-order valence-electron chi connectivity index (χ3n) is 5.01. The molecule has 1 amide bonds. The molecular formula is C21H38IN5O2S. The van der Waals surface area contributed by atoms with E-state index >= 15 is 0 Å². The fourth-order valence-electron chi connectivity index (χ4n) is 3.43. The van der Waals surface area contributed by atoms with Crippen molar-refractivity contribution in [1.29, 1.82) is 0 Å². The third kappa shape index (κ3) is 8.57. The van der Waals surface area contributed by atoms with E-state index in [1.165, 1.54) is 17.0 Å². The number of aliphatic imine (C=N–C) groups is 1. The lowest BCUT2D eigenvalue weighted by Gasteiger charge is -2.09. The van der Waals surface area contributed by atoms with Gasteiger partial charge in [0.2, 0.25) is 0 Å². The number of rotatable bonds is 13. The molecule has 2 unspecified atom stereocenters. The summed E-state index contributed by atoms with van der Waals surface area (Å²) in [4.78, 5) is 20.5. The predicted molar refractivity (Wildman–Crippen MR) is 137 cm³/mol. The topological polar surface area (TPSA) is 101 Å². The predicted octanol–water partition coefficient (Wildman–Crippen LogP) is 2.74. The number of ether oxygens (including phenoxy) is 1. The highest BCUT2D eigenvalue weighted by molar-refractivity contribution is 14.2. The van der Waals surface area contributed by atoms with E-state index in [4.69, 9.17) is 10.5 Å². The van der Waals surface area contributed by atoms with Gasteiger partial charge in [0.1, 0.15) is 5.50 Å². The van der Waals surface area contributed by atoms with E-state index in [0.717, 1.165) is 25.1 Å². The molecule has 0 saturated heterocycles. The van der Waals surface area contributed by atoms with Gasteiger partial charge in [0.25, 0.3) is 5.91 Å². The van der Waals surface area contributed by atoms with Gasteiger partial charge < -0.3 is 21.1 Å². The summed E-state index contributed by atoms with van der Waals surface area (Å²) in [5, 5.41) is 9.73. The standard InChI is InChI=1S/C21H38IN5O2S/c1-6-17-18(27-21(23)30-17)16-9-15(16)7-8-25-20(28)19(22-5)26-14(4)11-29-12-24-10-13(2)3/h13,15-16,21,24,27H,6-12,23H2,1-5H3,(H,25,28)/t15?,16-,21?/m1/s1. The van der Waals surface area contributed by atoms with Crippen LogP contribution in [0.5, 0.6) is 0 Å². The van der Waals surface area contributed by atoms with E-state index in [-0.39, 0.29) is 11.4 Å². The van der Waals surface area contributed by atoms with Gasteiger partial charge in [-0.2, -0.15) is 0 Å². The number of carbonyl (C=O) groups excluding carboxylic acids is 1. The Hall–Kier alpha value is -0.490. The SMILES string of the molecule is CCC1=C([C@@H]2CC2CCNC(=O)C(N=C(C)COCNCC(C)C)=IC)NC(N)S1. The average molecular weight is 552 g/mol. The summed E-state index contributed by atoms with van der Waals surface area (Å²) >= 11 is 1.34. The molecule has 0 bridgehead atoms. The van der Waals surface area contributed by atoms with Crippen LogP contribution in [0.4, 0.5) is 0 Å². The highest BCUT2D eigenvalue weighted by Crippen LogP contribution is 2.50. The molecule has 7 nitrogen and oxygen atoms in total. The maximum atomic E-state index is 12.5. The summed E-state index contributed by atoms with van der Waals surface area (Å²) in [6.07, 6.45) is 3.22. The van der Waals surface area contributed by atoms with E-state index in [1.54, 1.807) is 11.8 Å². The zero-order valence-corrected chi connectivity index (χ0v) is 21.9. The Morgan fingerprint density at radius 1 is 1.47 bits per heavy atom. The Kier molecular flexibility index (Phi) is 11.3. The lowest BCUT2D eigenvalue weighted by atomic mass is 10.1. The van der Waals surface area contributed by atoms with Gasteiger partial charge in [-0.3, -0.25) is 10.1 Å². The second-order valence-corrected chi connectivity index (χ2v) is 11.5. The quantitative estimate of drug-likeness (QED) is 0.0924. The molecule has 0 radical (unpaired) electrons. The summed E-state index contributed by atoms with van der Waals surface area (Å²) < 4.78 is 6.26. The zero-order valence-electron chi connectivity index (χ0n) is 18.9. The van der Waals surface area contributed by atoms with Crippen LogP contribution in [0.3, 0.4) is 0 Å². The van der Waals surface area contributed by atoms with Crippen molar-refractivity contribution in [2.75, 3.05) is 31.4 Å². The van der Waals surface area contributed by atoms with Gasteiger partial charge in [-0.1, -0.05) is 53.3 Å². The van der Waals surface area contributed by atoms with Gasteiger partial charge in [0.05, 0.1) is 13.3 Å². The summed E-state index contributed by atoms with van der Waals surface area (Å²) in [5.41, 5.74) is 8.21. The van der Waals surface area contributed by atoms with Crippen LogP contribution < -0.4 is 21.7 Å². The second-order valence-electron chi connectivity index (χ2n) is 8.19. The summed E-state index contributed by atoms with van der Waals surface area (Å²) in [6.45, 7) is 11.0. The number of halogens is 1. The molecular weight excluding hydrogens is 513 g/mol. The van der Waals surface area contributed by atoms with Crippen molar-refractivity contribution in [2.24, 2.45) is 28.5 Å². The van der Waals surface area contributed by atoms with Crippen molar-refractivity contribution in [3.63, 3.8) is 0 Å². The summed E-state index contributed by atoms with van der Waals surface area (Å²) in [6, 6.07) is 0. The molecule has 0 aromatic rings. The Morgan fingerprint density at radius 3 is 2.90 bits per heavy atom. The number of carbonyl (C=O) groups is 1. The Bertz CT molecular complexity index is 680. The number of allylic oxidation sites excluding steroid dienone is 2. The number of nitrogens with one attached hydrogen (secondary N) is 3. The van der Waals surface area contributed by atoms with Crippen LogP contribution in [0.2, 0.25) is 0 Å². The van der Waals surface area contributed by atoms with Crippen LogP contribution in [0.1, 0.15) is 47.0 Å². The fraction of sp³-hybridized carbons (Fsp3) is 0.762. The minimum Gasteiger partial charge on any atom is -0.364 e. The maximum absolute atomic E-state index is 12.5. The number of nitrogens with two attached hydrogens (primary N) is 1. The van der Waals surface area contributed by atoms with Crippen molar-refractivity contribution < 1.29 is 9.53 Å². The highest BCUT2D eigenvalue weighted by atomic mass is 127. The van der Waals surface area contributed by atoms with Gasteiger partial charge in [-0.15, -0.1) is 0 Å². The summed E-state index contributed by atoms with van der Waals surface area (Å²) in [5.74, 6) is 1.79. The van der Waals surface area contributed by atoms with Crippen molar-refractivity contribution >= 4 is 47.7 Å². The molecule has 9 heteroatoms. The summed E-state index contributed by atoms with van der Waals surface area (Å²) in [7, 11) is 0. The molecule has 1 aliphatic carbocycles. The van der Waals surface area contributed by atoms with Crippen LogP contribution >= 0.6 is 32.5 Å². The van der Waals surface area contributed by atoms with E-state index in [1.807, 2.05) is 6.92 Å². The van der Waals surface area contributed by atoms with E-state index in [9.17, 15) is 4.79 Å². The molecule has 3 atom stereocenters. The molecule has 1 aliphatic heterocycles. The molecule has 5 N–H and O–H groups in total. The molecule has 30 heavy (non-hydrogen) atoms. The Labute approximate surface area is 195 Å². The van der Waals surface area contributed by atoms with Crippen LogP contribution in [0.15, 0.2) is 15.6 Å². The molecule has 1 saturated carbocycles. The zero-order chi connectivity index (χ0) is 22.1. The molecule has 1 heterocycles. The molecule has 0 aromatic carbocycles. The Morgan fingerprint density at radius 2 is 2.23 bits per heavy atom. The van der Waals surface area contributed by atoms with Crippen molar-refractivity contribution in [3.05, 3.63) is 10.6 Å². The van der Waals surface area contributed by atoms with Gasteiger partial charge in [-0.05, 0) is 49.5 Å². The first-order valence-corrected chi connectivity index (χ1v) is 14.9. The van der Waals surface area contributed by atoms with Crippen LogP contribution in [0, 0.1) is 17.8 Å². The van der Waals surface area contributed by atoms with Gasteiger partial charge >= 0.3 is 0 Å². The van der Waals surface area contributed by atoms with E-state index in [0.29, 0.717) is 41.3 Å². The minimum atomic E-state index is -0.401. The van der Waals surface area contributed by atoms with Crippen LogP contribution in [-0.4, -0.2) is 52.1 Å². The monoisotopic (exact) mass is 551 g/mol. The van der Waals surface area contributed by atoms with Gasteiger partial charge in [-0.25, -0.2) is 4.99 Å². The number of hydrogen-bond acceptors (Lipinski definition) is 7. The first kappa shape index (κ1) is 25.8. The number of amides is 1. The molecule has 2 aliphatic rings. The molecule has 1 fully saturated rings. The largest absolute Gasteiger partial charge is 0.364 e. The lowest BCUT2D eigenvalue weighted by Crippen LogP contribution is -2.31. The van der Waals surface area contributed by atoms with Gasteiger partial charge in [0, 0.05) is 28.8 Å². The van der Waals surface area contributed by atoms with Crippen molar-refractivity contribution in [2.45, 2.75) is 52.5 Å². The van der Waals surface area contributed by atoms with Crippen LogP contribution in [0.25, 0.3) is 0 Å². The van der Waals surface area contributed by atoms with Crippen LogP contribution in [-0.2, 0) is 9.53 Å². The Balaban J connectivity index is 1.68. The smallest absolute Gasteiger partial charge is 0.275 e.